The molecule has 27 heavy (non-hydrogen) atoms. The molecule has 3 aromatic rings. The van der Waals surface area contributed by atoms with Gasteiger partial charge in [0.2, 0.25) is 0 Å². The van der Waals surface area contributed by atoms with Crippen molar-refractivity contribution in [1.82, 2.24) is 0 Å². The van der Waals surface area contributed by atoms with Crippen molar-refractivity contribution in [3.63, 3.8) is 0 Å². The van der Waals surface area contributed by atoms with Crippen LogP contribution in [0.1, 0.15) is 12.5 Å². The van der Waals surface area contributed by atoms with Crippen LogP contribution in [-0.4, -0.2) is 14.9 Å². The molecule has 0 saturated heterocycles. The summed E-state index contributed by atoms with van der Waals surface area (Å²) in [5.41, 5.74) is 2.14. The lowest BCUT2D eigenvalue weighted by Crippen LogP contribution is -2.61. The predicted molar refractivity (Wildman–Crippen MR) is 117 cm³/mol. The van der Waals surface area contributed by atoms with Crippen LogP contribution in [0.2, 0.25) is 6.04 Å². The summed E-state index contributed by atoms with van der Waals surface area (Å²) in [6.07, 6.45) is 0. The van der Waals surface area contributed by atoms with Gasteiger partial charge in [-0.1, -0.05) is 96.3 Å². The molecule has 3 rings (SSSR count). The Balaban J connectivity index is 1.96. The Morgan fingerprint density at radius 2 is 1.30 bits per heavy atom. The maximum atomic E-state index is 6.64. The van der Waals surface area contributed by atoms with Gasteiger partial charge >= 0.3 is 0 Å². The summed E-state index contributed by atoms with van der Waals surface area (Å²) in [7, 11) is -2.45. The molecule has 0 amide bonds. The lowest BCUT2D eigenvalue weighted by atomic mass is 10.2. The van der Waals surface area contributed by atoms with Gasteiger partial charge in [-0.2, -0.15) is 0 Å². The van der Waals surface area contributed by atoms with Crippen molar-refractivity contribution in [3.05, 3.63) is 109 Å². The van der Waals surface area contributed by atoms with E-state index in [1.165, 1.54) is 10.4 Å². The van der Waals surface area contributed by atoms with E-state index in [4.69, 9.17) is 4.43 Å². The molecule has 0 N–H and O–H groups in total. The highest BCUT2D eigenvalue weighted by molar-refractivity contribution is 6.97. The van der Waals surface area contributed by atoms with E-state index in [9.17, 15) is 0 Å². The molecule has 0 aliphatic carbocycles. The molecule has 0 aliphatic rings. The highest BCUT2D eigenvalue weighted by Gasteiger charge is 2.39. The predicted octanol–water partition coefficient (Wildman–Crippen LogP) is 4.39. The first-order chi connectivity index (χ1) is 13.2. The fourth-order valence-corrected chi connectivity index (χ4v) is 7.05. The van der Waals surface area contributed by atoms with E-state index in [-0.39, 0.29) is 0 Å². The summed E-state index contributed by atoms with van der Waals surface area (Å²) in [6, 6.07) is 32.0. The third-order valence-electron chi connectivity index (χ3n) is 4.43. The molecule has 134 valence electrons. The lowest BCUT2D eigenvalue weighted by Gasteiger charge is -2.32. The number of allylic oxidation sites excluding steroid dienone is 1. The molecule has 0 spiro atoms. The first kappa shape index (κ1) is 18.9. The average Bonchev–Trinajstić information content (AvgIpc) is 2.72. The van der Waals surface area contributed by atoms with Gasteiger partial charge in [0.05, 0.1) is 6.61 Å². The second-order valence-corrected chi connectivity index (χ2v) is 10.1. The van der Waals surface area contributed by atoms with Crippen LogP contribution < -0.4 is 10.4 Å². The highest BCUT2D eigenvalue weighted by atomic mass is 28.4. The number of rotatable bonds is 6. The largest absolute Gasteiger partial charge is 0.397 e. The molecule has 0 heterocycles. The minimum atomic E-state index is -2.45. The van der Waals surface area contributed by atoms with Crippen molar-refractivity contribution >= 4 is 18.7 Å². The molecule has 0 radical (unpaired) electrons. The molecule has 3 aromatic carbocycles. The first-order valence-corrected chi connectivity index (χ1v) is 11.3. The van der Waals surface area contributed by atoms with Gasteiger partial charge in [0.1, 0.15) is 0 Å². The Labute approximate surface area is 163 Å². The fraction of sp³-hybridized carbons (Fsp3) is 0.120. The van der Waals surface area contributed by atoms with Crippen molar-refractivity contribution in [3.8, 4) is 11.8 Å². The van der Waals surface area contributed by atoms with Crippen LogP contribution in [0, 0.1) is 11.8 Å². The average molecular weight is 369 g/mol. The fourth-order valence-electron chi connectivity index (χ4n) is 3.25. The quantitative estimate of drug-likeness (QED) is 0.356. The van der Waals surface area contributed by atoms with Gasteiger partial charge in [-0.3, -0.25) is 0 Å². The van der Waals surface area contributed by atoms with Gasteiger partial charge in [0, 0.05) is 5.56 Å². The Kier molecular flexibility index (Phi) is 6.43. The summed E-state index contributed by atoms with van der Waals surface area (Å²) in [4.78, 5) is 0. The maximum absolute atomic E-state index is 6.64. The molecular weight excluding hydrogens is 344 g/mol. The monoisotopic (exact) mass is 368 g/mol. The smallest absolute Gasteiger partial charge is 0.261 e. The van der Waals surface area contributed by atoms with Gasteiger partial charge in [0.15, 0.2) is 0 Å². The summed E-state index contributed by atoms with van der Waals surface area (Å²) in [5.74, 6) is 6.40. The van der Waals surface area contributed by atoms with Crippen LogP contribution in [0.3, 0.4) is 0 Å². The van der Waals surface area contributed by atoms with E-state index in [0.717, 1.165) is 17.2 Å². The van der Waals surface area contributed by atoms with Crippen LogP contribution >= 0.6 is 0 Å². The van der Waals surface area contributed by atoms with Crippen molar-refractivity contribution in [2.24, 2.45) is 0 Å². The molecule has 1 nitrogen and oxygen atoms in total. The number of hydrogen-bond donors (Lipinski definition) is 0. The zero-order chi connectivity index (χ0) is 19.0. The molecule has 0 atom stereocenters. The standard InChI is InChI=1S/C25H24OSi/c1-22(2)21-27(24-16-8-4-9-17-24,25-18-10-5-11-19-25)26-20-12-15-23-13-6-3-7-14-23/h3-11,13-14,16-19H,1,20-21H2,2H3. The lowest BCUT2D eigenvalue weighted by molar-refractivity contribution is 0.371. The summed E-state index contributed by atoms with van der Waals surface area (Å²) >= 11 is 0. The zero-order valence-electron chi connectivity index (χ0n) is 15.7. The minimum absolute atomic E-state index is 0.401. The van der Waals surface area contributed by atoms with Crippen LogP contribution in [0.4, 0.5) is 0 Å². The van der Waals surface area contributed by atoms with Crippen LogP contribution in [0.15, 0.2) is 103 Å². The van der Waals surface area contributed by atoms with Crippen molar-refractivity contribution in [1.29, 1.82) is 0 Å². The van der Waals surface area contributed by atoms with Gasteiger partial charge in [-0.15, -0.1) is 6.58 Å². The molecule has 0 fully saturated rings. The van der Waals surface area contributed by atoms with Gasteiger partial charge in [0.25, 0.3) is 8.32 Å². The Bertz CT molecular complexity index is 882. The van der Waals surface area contributed by atoms with E-state index in [1.54, 1.807) is 0 Å². The van der Waals surface area contributed by atoms with Crippen molar-refractivity contribution < 1.29 is 4.43 Å². The SMILES string of the molecule is C=C(C)C[Si](OCC#Cc1ccccc1)(c1ccccc1)c1ccccc1. The van der Waals surface area contributed by atoms with Gasteiger partial charge in [-0.25, -0.2) is 0 Å². The summed E-state index contributed by atoms with van der Waals surface area (Å²) in [5, 5.41) is 2.50. The second kappa shape index (κ2) is 9.18. The first-order valence-electron chi connectivity index (χ1n) is 9.14. The van der Waals surface area contributed by atoms with Crippen LogP contribution in [0.5, 0.6) is 0 Å². The molecule has 0 saturated carbocycles. The maximum Gasteiger partial charge on any atom is 0.261 e. The van der Waals surface area contributed by atoms with E-state index in [0.29, 0.717) is 6.61 Å². The van der Waals surface area contributed by atoms with Crippen molar-refractivity contribution in [2.45, 2.75) is 13.0 Å². The van der Waals surface area contributed by atoms with E-state index in [1.807, 2.05) is 42.5 Å². The van der Waals surface area contributed by atoms with Gasteiger partial charge in [-0.05, 0) is 35.5 Å². The zero-order valence-corrected chi connectivity index (χ0v) is 16.7. The molecule has 0 aromatic heterocycles. The molecular formula is C25H24OSi. The van der Waals surface area contributed by atoms with E-state index < -0.39 is 8.32 Å². The minimum Gasteiger partial charge on any atom is -0.397 e. The Morgan fingerprint density at radius 1 is 0.815 bits per heavy atom. The third-order valence-corrected chi connectivity index (χ3v) is 8.70. The molecule has 2 heteroatoms. The van der Waals surface area contributed by atoms with Crippen LogP contribution in [0.25, 0.3) is 0 Å². The summed E-state index contributed by atoms with van der Waals surface area (Å²) < 4.78 is 6.64. The normalized spacial score (nSPS) is 10.7. The Hall–Kier alpha value is -2.86. The second-order valence-electron chi connectivity index (χ2n) is 6.65. The highest BCUT2D eigenvalue weighted by Crippen LogP contribution is 2.18. The van der Waals surface area contributed by atoms with Crippen LogP contribution in [-0.2, 0) is 4.43 Å². The van der Waals surface area contributed by atoms with Crippen molar-refractivity contribution in [2.75, 3.05) is 6.61 Å². The molecule has 0 unspecified atom stereocenters. The van der Waals surface area contributed by atoms with E-state index in [2.05, 4.69) is 73.9 Å². The Morgan fingerprint density at radius 3 is 1.78 bits per heavy atom. The molecule has 0 bridgehead atoms. The topological polar surface area (TPSA) is 9.23 Å². The number of benzene rings is 3. The summed E-state index contributed by atoms with van der Waals surface area (Å²) in [6.45, 7) is 6.66. The third kappa shape index (κ3) is 4.86. The molecule has 0 aliphatic heterocycles. The van der Waals surface area contributed by atoms with Gasteiger partial charge < -0.3 is 4.43 Å². The van der Waals surface area contributed by atoms with E-state index >= 15 is 0 Å². The number of hydrogen-bond acceptors (Lipinski definition) is 1.